The van der Waals surface area contributed by atoms with Crippen LogP contribution in [0.4, 0.5) is 13.2 Å². The molecule has 0 bridgehead atoms. The Kier molecular flexibility index (Phi) is 2.34. The van der Waals surface area contributed by atoms with E-state index in [9.17, 15) is 13.2 Å². The first-order chi connectivity index (χ1) is 5.41. The number of hydrogen-bond acceptors (Lipinski definition) is 2. The Labute approximate surface area is 70.5 Å². The lowest BCUT2D eigenvalue weighted by atomic mass is 10.3. The maximum Gasteiger partial charge on any atom is 0.421 e. The van der Waals surface area contributed by atoms with Crippen molar-refractivity contribution in [1.29, 1.82) is 0 Å². The zero-order chi connectivity index (χ0) is 9.35. The van der Waals surface area contributed by atoms with Gasteiger partial charge >= 0.3 is 6.18 Å². The summed E-state index contributed by atoms with van der Waals surface area (Å²) in [6.07, 6.45) is -7.33. The van der Waals surface area contributed by atoms with Crippen LogP contribution >= 0.6 is 11.6 Å². The lowest BCUT2D eigenvalue weighted by molar-refractivity contribution is -0.211. The van der Waals surface area contributed by atoms with Crippen LogP contribution in [0.5, 0.6) is 0 Å². The summed E-state index contributed by atoms with van der Waals surface area (Å²) in [5.74, 6) is -0.604. The Balaban J connectivity index is 2.85. The Bertz CT molecular complexity index is 268. The van der Waals surface area contributed by atoms with Crippen LogP contribution in [-0.2, 0) is 0 Å². The minimum Gasteiger partial charge on any atom is -0.447 e. The first kappa shape index (κ1) is 9.41. The van der Waals surface area contributed by atoms with Crippen LogP contribution in [-0.4, -0.2) is 11.3 Å². The Morgan fingerprint density at radius 1 is 1.42 bits per heavy atom. The molecular formula is C6H4ClF3O2. The van der Waals surface area contributed by atoms with Gasteiger partial charge in [-0.25, -0.2) is 0 Å². The highest BCUT2D eigenvalue weighted by Gasteiger charge is 2.41. The van der Waals surface area contributed by atoms with E-state index in [0.29, 0.717) is 0 Å². The van der Waals surface area contributed by atoms with Crippen molar-refractivity contribution in [1.82, 2.24) is 0 Å². The van der Waals surface area contributed by atoms with Gasteiger partial charge in [-0.1, -0.05) is 0 Å². The molecule has 1 heterocycles. The molecule has 1 aromatic rings. The molecule has 0 aromatic carbocycles. The molecule has 0 saturated heterocycles. The number of rotatable bonds is 1. The molecule has 0 aliphatic carbocycles. The molecule has 1 N–H and O–H groups in total. The van der Waals surface area contributed by atoms with Crippen molar-refractivity contribution in [2.75, 3.05) is 0 Å². The number of furan rings is 1. The molecule has 1 aromatic heterocycles. The maximum absolute atomic E-state index is 11.8. The average molecular weight is 201 g/mol. The second-order valence-electron chi connectivity index (χ2n) is 2.09. The maximum atomic E-state index is 11.8. The van der Waals surface area contributed by atoms with Gasteiger partial charge in [-0.05, 0) is 23.7 Å². The third-order valence-corrected chi connectivity index (χ3v) is 1.38. The molecule has 0 aliphatic heterocycles. The molecular weight excluding hydrogens is 197 g/mol. The van der Waals surface area contributed by atoms with Gasteiger partial charge in [0.05, 0.1) is 0 Å². The highest BCUT2D eigenvalue weighted by atomic mass is 35.5. The van der Waals surface area contributed by atoms with E-state index in [-0.39, 0.29) is 5.22 Å². The Hall–Kier alpha value is -0.680. The van der Waals surface area contributed by atoms with Crippen LogP contribution in [0.2, 0.25) is 5.22 Å². The number of alkyl halides is 3. The van der Waals surface area contributed by atoms with E-state index in [4.69, 9.17) is 16.7 Å². The quantitative estimate of drug-likeness (QED) is 0.756. The van der Waals surface area contributed by atoms with Crippen molar-refractivity contribution in [3.05, 3.63) is 23.1 Å². The first-order valence-electron chi connectivity index (χ1n) is 2.91. The summed E-state index contributed by atoms with van der Waals surface area (Å²) in [6.45, 7) is 0. The predicted molar refractivity (Wildman–Crippen MR) is 34.7 cm³/mol. The lowest BCUT2D eigenvalue weighted by Crippen LogP contribution is -2.19. The summed E-state index contributed by atoms with van der Waals surface area (Å²) in [4.78, 5) is 0. The second-order valence-corrected chi connectivity index (χ2v) is 2.46. The molecule has 0 unspecified atom stereocenters. The first-order valence-corrected chi connectivity index (χ1v) is 3.29. The molecule has 12 heavy (non-hydrogen) atoms. The predicted octanol–water partition coefficient (Wildman–Crippen LogP) is 2.53. The van der Waals surface area contributed by atoms with Crippen LogP contribution in [0.1, 0.15) is 11.9 Å². The molecule has 2 nitrogen and oxygen atoms in total. The van der Waals surface area contributed by atoms with E-state index in [1.54, 1.807) is 0 Å². The number of hydrogen-bond donors (Lipinski definition) is 1. The average Bonchev–Trinajstić information content (AvgIpc) is 2.32. The summed E-state index contributed by atoms with van der Waals surface area (Å²) in [7, 11) is 0. The molecule has 0 fully saturated rings. The monoisotopic (exact) mass is 200 g/mol. The molecule has 6 heteroatoms. The third kappa shape index (κ3) is 1.92. The number of aliphatic hydroxyl groups is 1. The molecule has 0 saturated carbocycles. The van der Waals surface area contributed by atoms with Crippen LogP contribution in [0.15, 0.2) is 16.5 Å². The zero-order valence-corrected chi connectivity index (χ0v) is 6.36. The summed E-state index contributed by atoms with van der Waals surface area (Å²) >= 11 is 5.21. The molecule has 0 radical (unpaired) electrons. The van der Waals surface area contributed by atoms with Gasteiger partial charge in [0.1, 0.15) is 5.76 Å². The van der Waals surface area contributed by atoms with E-state index in [0.717, 1.165) is 12.1 Å². The Morgan fingerprint density at radius 2 is 2.00 bits per heavy atom. The van der Waals surface area contributed by atoms with Gasteiger partial charge in [0.15, 0.2) is 5.22 Å². The third-order valence-electron chi connectivity index (χ3n) is 1.17. The van der Waals surface area contributed by atoms with Gasteiger partial charge in [-0.2, -0.15) is 13.2 Å². The molecule has 0 aliphatic rings. The van der Waals surface area contributed by atoms with Gasteiger partial charge < -0.3 is 9.52 Å². The van der Waals surface area contributed by atoms with E-state index in [1.165, 1.54) is 0 Å². The SMILES string of the molecule is O[C@@H](c1ccc(Cl)o1)C(F)(F)F. The minimum atomic E-state index is -4.72. The van der Waals surface area contributed by atoms with Crippen LogP contribution < -0.4 is 0 Å². The van der Waals surface area contributed by atoms with Crippen LogP contribution in [0.3, 0.4) is 0 Å². The van der Waals surface area contributed by atoms with E-state index in [1.807, 2.05) is 0 Å². The number of halogens is 4. The fourth-order valence-electron chi connectivity index (χ4n) is 0.637. The smallest absolute Gasteiger partial charge is 0.421 e. The molecule has 0 spiro atoms. The summed E-state index contributed by atoms with van der Waals surface area (Å²) in [5.41, 5.74) is 0. The van der Waals surface area contributed by atoms with Gasteiger partial charge in [0, 0.05) is 0 Å². The fourth-order valence-corrected chi connectivity index (χ4v) is 0.789. The van der Waals surface area contributed by atoms with Crippen molar-refractivity contribution in [2.45, 2.75) is 12.3 Å². The highest BCUT2D eigenvalue weighted by Crippen LogP contribution is 2.33. The lowest BCUT2D eigenvalue weighted by Gasteiger charge is -2.10. The molecule has 1 atom stereocenters. The minimum absolute atomic E-state index is 0.187. The molecule has 68 valence electrons. The largest absolute Gasteiger partial charge is 0.447 e. The summed E-state index contributed by atoms with van der Waals surface area (Å²) < 4.78 is 39.7. The van der Waals surface area contributed by atoms with E-state index < -0.39 is 18.0 Å². The van der Waals surface area contributed by atoms with Crippen molar-refractivity contribution >= 4 is 11.6 Å². The normalized spacial score (nSPS) is 14.8. The molecule has 0 amide bonds. The Morgan fingerprint density at radius 3 is 2.33 bits per heavy atom. The van der Waals surface area contributed by atoms with Gasteiger partial charge in [0.25, 0.3) is 0 Å². The van der Waals surface area contributed by atoms with Crippen molar-refractivity contribution < 1.29 is 22.7 Å². The van der Waals surface area contributed by atoms with E-state index >= 15 is 0 Å². The van der Waals surface area contributed by atoms with E-state index in [2.05, 4.69) is 4.42 Å². The second kappa shape index (κ2) is 2.99. The zero-order valence-electron chi connectivity index (χ0n) is 5.60. The van der Waals surface area contributed by atoms with Crippen molar-refractivity contribution in [2.24, 2.45) is 0 Å². The fraction of sp³-hybridized carbons (Fsp3) is 0.333. The van der Waals surface area contributed by atoms with Crippen LogP contribution in [0.25, 0.3) is 0 Å². The number of aliphatic hydroxyl groups excluding tert-OH is 1. The van der Waals surface area contributed by atoms with Crippen molar-refractivity contribution in [3.8, 4) is 0 Å². The van der Waals surface area contributed by atoms with Crippen molar-refractivity contribution in [3.63, 3.8) is 0 Å². The van der Waals surface area contributed by atoms with Gasteiger partial charge in [-0.15, -0.1) is 0 Å². The highest BCUT2D eigenvalue weighted by molar-refractivity contribution is 6.28. The molecule has 1 rings (SSSR count). The summed E-state index contributed by atoms with van der Waals surface area (Å²) in [5, 5.41) is 8.41. The van der Waals surface area contributed by atoms with Gasteiger partial charge in [-0.3, -0.25) is 0 Å². The van der Waals surface area contributed by atoms with Gasteiger partial charge in [0.2, 0.25) is 6.10 Å². The topological polar surface area (TPSA) is 33.4 Å². The standard InChI is InChI=1S/C6H4ClF3O2/c7-4-2-1-3(12-4)5(11)6(8,9)10/h1-2,5,11H/t5-/m0/s1. The van der Waals surface area contributed by atoms with Crippen LogP contribution in [0, 0.1) is 0 Å². The summed E-state index contributed by atoms with van der Waals surface area (Å²) in [6, 6.07) is 2.10.